The molecule has 0 spiro atoms. The van der Waals surface area contributed by atoms with Crippen molar-refractivity contribution in [3.05, 3.63) is 63.7 Å². The summed E-state index contributed by atoms with van der Waals surface area (Å²) in [6, 6.07) is 10.5. The van der Waals surface area contributed by atoms with Crippen LogP contribution in [0.2, 0.25) is 0 Å². The number of carbonyl (C=O) groups is 1. The Morgan fingerprint density at radius 1 is 1.13 bits per heavy atom. The van der Waals surface area contributed by atoms with Crippen molar-refractivity contribution in [3.8, 4) is 0 Å². The topological polar surface area (TPSA) is 67.2 Å². The third-order valence-corrected chi connectivity index (χ3v) is 6.48. The van der Waals surface area contributed by atoms with Gasteiger partial charge in [-0.2, -0.15) is 0 Å². The number of amides is 1. The van der Waals surface area contributed by atoms with Crippen LogP contribution in [0.3, 0.4) is 0 Å². The molecular weight excluding hydrogens is 382 g/mol. The van der Waals surface area contributed by atoms with E-state index >= 15 is 0 Å². The van der Waals surface area contributed by atoms with Crippen LogP contribution in [0.15, 0.2) is 30.3 Å². The van der Waals surface area contributed by atoms with Gasteiger partial charge in [0, 0.05) is 12.2 Å². The molecule has 3 rings (SSSR count). The molecule has 1 aliphatic heterocycles. The molecule has 0 radical (unpaired) electrons. The van der Waals surface area contributed by atoms with E-state index in [0.29, 0.717) is 6.42 Å². The van der Waals surface area contributed by atoms with Gasteiger partial charge in [-0.15, -0.1) is 0 Å². The number of aryl methyl sites for hydroxylation is 4. The molecule has 2 aromatic rings. The highest BCUT2D eigenvalue weighted by atomic mass is 16.2. The molecule has 0 saturated heterocycles. The quantitative estimate of drug-likeness (QED) is 0.483. The molecule has 4 N–H and O–H groups in total. The standard InChI is InChI=1S/C27H39N3O/c1-5-6-7-8-9-21-10-11-25-23(16-21)26(12-13-29-25)30-27(31)24(28)17-22-19(3)14-18(2)15-20(22)4/h10-11,14-16,24,26,29H,5-9,12-13,17,28H2,1-4H3,(H,30,31). The average Bonchev–Trinajstić information content (AvgIpc) is 2.74. The van der Waals surface area contributed by atoms with E-state index in [1.165, 1.54) is 59.1 Å². The highest BCUT2D eigenvalue weighted by molar-refractivity contribution is 5.82. The summed E-state index contributed by atoms with van der Waals surface area (Å²) in [4.78, 5) is 13.0. The highest BCUT2D eigenvalue weighted by Gasteiger charge is 2.25. The molecule has 2 unspecified atom stereocenters. The van der Waals surface area contributed by atoms with Gasteiger partial charge in [-0.25, -0.2) is 0 Å². The zero-order chi connectivity index (χ0) is 22.4. The van der Waals surface area contributed by atoms with E-state index in [1.807, 2.05) is 0 Å². The van der Waals surface area contributed by atoms with E-state index in [4.69, 9.17) is 5.73 Å². The van der Waals surface area contributed by atoms with Crippen molar-refractivity contribution in [1.82, 2.24) is 5.32 Å². The first-order chi connectivity index (χ1) is 14.9. The Bertz CT molecular complexity index is 882. The number of carbonyl (C=O) groups excluding carboxylic acids is 1. The van der Waals surface area contributed by atoms with Crippen LogP contribution in [-0.2, 0) is 17.6 Å². The SMILES string of the molecule is CCCCCCc1ccc2c(c1)C(NC(=O)C(N)Cc1c(C)cc(C)cc1C)CCN2. The van der Waals surface area contributed by atoms with Crippen LogP contribution in [0, 0.1) is 20.8 Å². The molecular formula is C27H39N3O. The number of hydrogen-bond donors (Lipinski definition) is 3. The molecule has 1 heterocycles. The monoisotopic (exact) mass is 421 g/mol. The number of nitrogens with one attached hydrogen (secondary N) is 2. The van der Waals surface area contributed by atoms with Gasteiger partial charge in [0.05, 0.1) is 12.1 Å². The van der Waals surface area contributed by atoms with Crippen molar-refractivity contribution in [2.45, 2.75) is 84.7 Å². The van der Waals surface area contributed by atoms with Gasteiger partial charge in [0.25, 0.3) is 0 Å². The number of anilines is 1. The fourth-order valence-electron chi connectivity index (χ4n) is 4.75. The lowest BCUT2D eigenvalue weighted by Gasteiger charge is -2.29. The van der Waals surface area contributed by atoms with Gasteiger partial charge in [-0.1, -0.05) is 56.0 Å². The zero-order valence-corrected chi connectivity index (χ0v) is 19.7. The number of benzene rings is 2. The van der Waals surface area contributed by atoms with Crippen molar-refractivity contribution in [2.24, 2.45) is 5.73 Å². The molecule has 2 aromatic carbocycles. The van der Waals surface area contributed by atoms with Crippen LogP contribution >= 0.6 is 0 Å². The van der Waals surface area contributed by atoms with Crippen molar-refractivity contribution < 1.29 is 4.79 Å². The molecule has 1 aliphatic rings. The Hall–Kier alpha value is -2.33. The average molecular weight is 422 g/mol. The molecule has 31 heavy (non-hydrogen) atoms. The zero-order valence-electron chi connectivity index (χ0n) is 19.7. The Morgan fingerprint density at radius 3 is 2.58 bits per heavy atom. The Kier molecular flexibility index (Phi) is 8.14. The van der Waals surface area contributed by atoms with Gasteiger partial charge in [-0.3, -0.25) is 4.79 Å². The molecule has 0 aromatic heterocycles. The second-order valence-electron chi connectivity index (χ2n) is 9.20. The largest absolute Gasteiger partial charge is 0.385 e. The minimum absolute atomic E-state index is 0.0191. The second kappa shape index (κ2) is 10.8. The fourth-order valence-corrected chi connectivity index (χ4v) is 4.75. The first-order valence-corrected chi connectivity index (χ1v) is 11.9. The summed E-state index contributed by atoms with van der Waals surface area (Å²) < 4.78 is 0. The minimum atomic E-state index is -0.546. The van der Waals surface area contributed by atoms with Gasteiger partial charge in [0.15, 0.2) is 0 Å². The van der Waals surface area contributed by atoms with Crippen LogP contribution < -0.4 is 16.4 Å². The van der Waals surface area contributed by atoms with Crippen molar-refractivity contribution >= 4 is 11.6 Å². The summed E-state index contributed by atoms with van der Waals surface area (Å²) in [6.07, 6.45) is 7.59. The lowest BCUT2D eigenvalue weighted by atomic mass is 9.92. The number of unbranched alkanes of at least 4 members (excludes halogenated alkanes) is 3. The van der Waals surface area contributed by atoms with E-state index < -0.39 is 6.04 Å². The fraction of sp³-hybridized carbons (Fsp3) is 0.519. The molecule has 0 aliphatic carbocycles. The first kappa shape index (κ1) is 23.3. The predicted octanol–water partition coefficient (Wildman–Crippen LogP) is 5.28. The number of hydrogen-bond acceptors (Lipinski definition) is 3. The van der Waals surface area contributed by atoms with E-state index in [9.17, 15) is 4.79 Å². The summed E-state index contributed by atoms with van der Waals surface area (Å²) in [6.45, 7) is 9.41. The van der Waals surface area contributed by atoms with E-state index in [2.05, 4.69) is 68.7 Å². The van der Waals surface area contributed by atoms with E-state index in [-0.39, 0.29) is 11.9 Å². The second-order valence-corrected chi connectivity index (χ2v) is 9.20. The Balaban J connectivity index is 1.67. The molecule has 4 nitrogen and oxygen atoms in total. The van der Waals surface area contributed by atoms with E-state index in [1.54, 1.807) is 0 Å². The van der Waals surface area contributed by atoms with Crippen molar-refractivity contribution in [2.75, 3.05) is 11.9 Å². The van der Waals surface area contributed by atoms with Gasteiger partial charge in [0.2, 0.25) is 5.91 Å². The van der Waals surface area contributed by atoms with Crippen LogP contribution in [-0.4, -0.2) is 18.5 Å². The molecule has 2 atom stereocenters. The summed E-state index contributed by atoms with van der Waals surface area (Å²) >= 11 is 0. The first-order valence-electron chi connectivity index (χ1n) is 11.9. The molecule has 0 saturated carbocycles. The summed E-state index contributed by atoms with van der Waals surface area (Å²) in [5, 5.41) is 6.72. The number of fused-ring (bicyclic) bond motifs is 1. The van der Waals surface area contributed by atoms with Crippen molar-refractivity contribution in [1.29, 1.82) is 0 Å². The van der Waals surface area contributed by atoms with Crippen molar-refractivity contribution in [3.63, 3.8) is 0 Å². The third-order valence-electron chi connectivity index (χ3n) is 6.48. The maximum atomic E-state index is 13.0. The van der Waals surface area contributed by atoms with Gasteiger partial charge < -0.3 is 16.4 Å². The van der Waals surface area contributed by atoms with Gasteiger partial charge in [0.1, 0.15) is 0 Å². The molecule has 0 bridgehead atoms. The summed E-state index contributed by atoms with van der Waals surface area (Å²) in [5.41, 5.74) is 14.9. The minimum Gasteiger partial charge on any atom is -0.385 e. The lowest BCUT2D eigenvalue weighted by Crippen LogP contribution is -2.44. The Morgan fingerprint density at radius 2 is 1.87 bits per heavy atom. The molecule has 4 heteroatoms. The normalized spacial score (nSPS) is 16.4. The molecule has 1 amide bonds. The summed E-state index contributed by atoms with van der Waals surface area (Å²) in [7, 11) is 0. The van der Waals surface area contributed by atoms with Crippen LogP contribution in [0.1, 0.15) is 78.5 Å². The predicted molar refractivity (Wildman–Crippen MR) is 131 cm³/mol. The van der Waals surface area contributed by atoms with E-state index in [0.717, 1.165) is 25.1 Å². The van der Waals surface area contributed by atoms with Crippen LogP contribution in [0.5, 0.6) is 0 Å². The van der Waals surface area contributed by atoms with Crippen LogP contribution in [0.4, 0.5) is 5.69 Å². The maximum absolute atomic E-state index is 13.0. The molecule has 168 valence electrons. The number of rotatable bonds is 9. The Labute approximate surface area is 188 Å². The number of nitrogens with two attached hydrogens (primary N) is 1. The maximum Gasteiger partial charge on any atom is 0.237 e. The molecule has 0 fully saturated rings. The van der Waals surface area contributed by atoms with Gasteiger partial charge in [-0.05, 0) is 80.3 Å². The van der Waals surface area contributed by atoms with Gasteiger partial charge >= 0.3 is 0 Å². The summed E-state index contributed by atoms with van der Waals surface area (Å²) in [5.74, 6) is -0.0643. The smallest absolute Gasteiger partial charge is 0.237 e. The highest BCUT2D eigenvalue weighted by Crippen LogP contribution is 2.31. The third kappa shape index (κ3) is 6.10. The lowest BCUT2D eigenvalue weighted by molar-refractivity contribution is -0.123. The van der Waals surface area contributed by atoms with Crippen LogP contribution in [0.25, 0.3) is 0 Å².